The van der Waals surface area contributed by atoms with Crippen molar-refractivity contribution in [3.8, 4) is 0 Å². The molecule has 0 saturated heterocycles. The summed E-state index contributed by atoms with van der Waals surface area (Å²) in [5.74, 6) is 0. The van der Waals surface area contributed by atoms with Crippen molar-refractivity contribution in [1.82, 2.24) is 0 Å². The summed E-state index contributed by atoms with van der Waals surface area (Å²) in [5, 5.41) is 0. The quantitative estimate of drug-likeness (QED) is 0.512. The number of hydrogen-bond donors (Lipinski definition) is 0. The van der Waals surface area contributed by atoms with E-state index in [1.807, 2.05) is 0 Å². The zero-order valence-corrected chi connectivity index (χ0v) is 5.71. The molecule has 0 fully saturated rings. The van der Waals surface area contributed by atoms with E-state index in [9.17, 15) is 13.2 Å². The molecule has 0 heterocycles. The number of rotatable bonds is 2. The molecule has 0 aromatic carbocycles. The summed E-state index contributed by atoms with van der Waals surface area (Å²) < 4.78 is 35.6. The second kappa shape index (κ2) is 2.52. The molecule has 0 nitrogen and oxygen atoms in total. The molecule has 0 saturated carbocycles. The van der Waals surface area contributed by atoms with Crippen LogP contribution in [0.2, 0.25) is 6.55 Å². The molecular formula is C4H7F3Si. The second-order valence-electron chi connectivity index (χ2n) is 1.49. The van der Waals surface area contributed by atoms with Crippen LogP contribution in [0.5, 0.6) is 0 Å². The standard InChI is InChI=1S/C4H7F3Si/c1-3(5)4(6,7)8-2/h3H,1-2H3. The normalized spacial score (nSPS) is 16.1. The van der Waals surface area contributed by atoms with E-state index in [1.54, 1.807) is 0 Å². The lowest BCUT2D eigenvalue weighted by Crippen LogP contribution is -2.32. The predicted octanol–water partition coefficient (Wildman–Crippen LogP) is 1.69. The summed E-state index contributed by atoms with van der Waals surface area (Å²) in [6.45, 7) is 2.16. The fraction of sp³-hybridized carbons (Fsp3) is 1.00. The van der Waals surface area contributed by atoms with E-state index in [1.165, 1.54) is 6.55 Å². The lowest BCUT2D eigenvalue weighted by atomic mass is 10.5. The fourth-order valence-electron chi connectivity index (χ4n) is 0.199. The molecule has 0 amide bonds. The van der Waals surface area contributed by atoms with E-state index < -0.39 is 21.2 Å². The number of hydrogen-bond acceptors (Lipinski definition) is 0. The van der Waals surface area contributed by atoms with E-state index in [2.05, 4.69) is 0 Å². The summed E-state index contributed by atoms with van der Waals surface area (Å²) in [7, 11) is -0.644. The van der Waals surface area contributed by atoms with Crippen LogP contribution in [0.3, 0.4) is 0 Å². The maximum atomic E-state index is 11.9. The zero-order chi connectivity index (χ0) is 6.78. The van der Waals surface area contributed by atoms with Gasteiger partial charge in [0.15, 0.2) is 6.17 Å². The van der Waals surface area contributed by atoms with Gasteiger partial charge in [0.2, 0.25) is 0 Å². The van der Waals surface area contributed by atoms with Crippen molar-refractivity contribution in [2.45, 2.75) is 25.2 Å². The highest BCUT2D eigenvalue weighted by atomic mass is 28.2. The Labute approximate surface area is 48.9 Å². The minimum absolute atomic E-state index is 0.644. The topological polar surface area (TPSA) is 0 Å². The Hall–Kier alpha value is 0.00688. The molecule has 2 radical (unpaired) electrons. The highest BCUT2D eigenvalue weighted by Crippen LogP contribution is 2.18. The molecule has 0 aromatic heterocycles. The van der Waals surface area contributed by atoms with Crippen LogP contribution in [0.25, 0.3) is 0 Å². The molecule has 1 atom stereocenters. The highest BCUT2D eigenvalue weighted by Gasteiger charge is 2.34. The molecule has 0 spiro atoms. The summed E-state index contributed by atoms with van der Waals surface area (Å²) >= 11 is 0. The Balaban J connectivity index is 3.71. The van der Waals surface area contributed by atoms with Crippen LogP contribution in [0.4, 0.5) is 13.2 Å². The third-order valence-corrected chi connectivity index (χ3v) is 1.90. The van der Waals surface area contributed by atoms with E-state index in [4.69, 9.17) is 0 Å². The molecule has 0 N–H and O–H groups in total. The van der Waals surface area contributed by atoms with Crippen molar-refractivity contribution in [3.05, 3.63) is 0 Å². The Morgan fingerprint density at radius 3 is 1.88 bits per heavy atom. The van der Waals surface area contributed by atoms with E-state index in [-0.39, 0.29) is 0 Å². The first-order chi connectivity index (χ1) is 3.50. The van der Waals surface area contributed by atoms with Crippen molar-refractivity contribution >= 4 is 9.52 Å². The van der Waals surface area contributed by atoms with Crippen LogP contribution in [0.1, 0.15) is 6.92 Å². The Morgan fingerprint density at radius 2 is 1.88 bits per heavy atom. The van der Waals surface area contributed by atoms with Crippen LogP contribution >= 0.6 is 0 Å². The monoisotopic (exact) mass is 140 g/mol. The third-order valence-electron chi connectivity index (χ3n) is 0.833. The van der Waals surface area contributed by atoms with Gasteiger partial charge in [0.1, 0.15) is 9.52 Å². The number of halogens is 3. The summed E-state index contributed by atoms with van der Waals surface area (Å²) in [6.07, 6.45) is -2.01. The third kappa shape index (κ3) is 1.86. The highest BCUT2D eigenvalue weighted by molar-refractivity contribution is 6.37. The van der Waals surface area contributed by atoms with Gasteiger partial charge in [0, 0.05) is 0 Å². The Kier molecular flexibility index (Phi) is 2.53. The Bertz CT molecular complexity index is 71.7. The molecule has 0 aromatic rings. The van der Waals surface area contributed by atoms with Gasteiger partial charge in [-0.05, 0) is 6.92 Å². The van der Waals surface area contributed by atoms with Crippen molar-refractivity contribution < 1.29 is 13.2 Å². The Morgan fingerprint density at radius 1 is 1.50 bits per heavy atom. The molecule has 0 aliphatic rings. The fourth-order valence-corrected chi connectivity index (χ4v) is 0.597. The first-order valence-corrected chi connectivity index (χ1v) is 3.71. The lowest BCUT2D eigenvalue weighted by Gasteiger charge is -2.13. The van der Waals surface area contributed by atoms with Crippen LogP contribution in [-0.2, 0) is 0 Å². The average Bonchev–Trinajstić information content (AvgIpc) is 1.67. The van der Waals surface area contributed by atoms with Crippen molar-refractivity contribution in [3.63, 3.8) is 0 Å². The average molecular weight is 140 g/mol. The molecule has 0 rings (SSSR count). The molecule has 0 aliphatic carbocycles. The summed E-state index contributed by atoms with van der Waals surface area (Å²) in [5.41, 5.74) is -3.10. The summed E-state index contributed by atoms with van der Waals surface area (Å²) in [4.78, 5) is 0. The SMILES string of the molecule is C[Si]C(F)(F)C(C)F. The molecule has 0 bridgehead atoms. The van der Waals surface area contributed by atoms with Crippen LogP contribution < -0.4 is 0 Å². The first kappa shape index (κ1) is 8.01. The predicted molar refractivity (Wildman–Crippen MR) is 27.1 cm³/mol. The molecule has 8 heavy (non-hydrogen) atoms. The molecule has 0 aliphatic heterocycles. The van der Waals surface area contributed by atoms with Gasteiger partial charge in [0.05, 0.1) is 0 Å². The smallest absolute Gasteiger partial charge is 0.242 e. The minimum Gasteiger partial charge on any atom is -0.242 e. The van der Waals surface area contributed by atoms with Gasteiger partial charge >= 0.3 is 0 Å². The van der Waals surface area contributed by atoms with Crippen molar-refractivity contribution in [2.75, 3.05) is 0 Å². The van der Waals surface area contributed by atoms with Gasteiger partial charge in [-0.15, -0.1) is 0 Å². The van der Waals surface area contributed by atoms with E-state index in [0.717, 1.165) is 6.92 Å². The van der Waals surface area contributed by atoms with Crippen LogP contribution in [0.15, 0.2) is 0 Å². The van der Waals surface area contributed by atoms with Gasteiger partial charge in [-0.3, -0.25) is 0 Å². The molecule has 4 heteroatoms. The minimum atomic E-state index is -3.10. The molecular weight excluding hydrogens is 133 g/mol. The summed E-state index contributed by atoms with van der Waals surface area (Å²) in [6, 6.07) is 0. The maximum absolute atomic E-state index is 11.9. The van der Waals surface area contributed by atoms with Gasteiger partial charge in [-0.1, -0.05) is 6.55 Å². The maximum Gasteiger partial charge on any atom is 0.254 e. The van der Waals surface area contributed by atoms with E-state index in [0.29, 0.717) is 0 Å². The lowest BCUT2D eigenvalue weighted by molar-refractivity contribution is 0.0120. The molecule has 48 valence electrons. The number of alkyl halides is 3. The van der Waals surface area contributed by atoms with Gasteiger partial charge in [-0.25, -0.2) is 13.2 Å². The van der Waals surface area contributed by atoms with Crippen molar-refractivity contribution in [1.29, 1.82) is 0 Å². The second-order valence-corrected chi connectivity index (χ2v) is 2.66. The largest absolute Gasteiger partial charge is 0.254 e. The van der Waals surface area contributed by atoms with Crippen LogP contribution in [0, 0.1) is 0 Å². The van der Waals surface area contributed by atoms with E-state index >= 15 is 0 Å². The van der Waals surface area contributed by atoms with Gasteiger partial charge in [-0.2, -0.15) is 0 Å². The molecule has 1 unspecified atom stereocenters. The van der Waals surface area contributed by atoms with Gasteiger partial charge in [0.25, 0.3) is 5.55 Å². The van der Waals surface area contributed by atoms with Crippen LogP contribution in [-0.4, -0.2) is 21.2 Å². The zero-order valence-electron chi connectivity index (χ0n) is 4.71. The van der Waals surface area contributed by atoms with Crippen molar-refractivity contribution in [2.24, 2.45) is 0 Å². The first-order valence-electron chi connectivity index (χ1n) is 2.21. The van der Waals surface area contributed by atoms with Gasteiger partial charge < -0.3 is 0 Å².